The molecule has 0 aliphatic rings. The number of hydrogen-bond acceptors (Lipinski definition) is 4. The van der Waals surface area contributed by atoms with Crippen LogP contribution in [0.4, 0.5) is 9.59 Å². The first-order valence-corrected chi connectivity index (χ1v) is 8.42. The lowest BCUT2D eigenvalue weighted by Gasteiger charge is -2.21. The zero-order chi connectivity index (χ0) is 17.3. The predicted molar refractivity (Wildman–Crippen MR) is 91.6 cm³/mol. The molecule has 0 saturated carbocycles. The minimum atomic E-state index is -0.559. The molecule has 0 aliphatic carbocycles. The Morgan fingerprint density at radius 3 is 2.39 bits per heavy atom. The fraction of sp³-hybridized carbons (Fsp3) is 0.500. The van der Waals surface area contributed by atoms with Crippen molar-refractivity contribution in [3.05, 3.63) is 35.9 Å². The highest BCUT2D eigenvalue weighted by Gasteiger charge is 2.18. The number of ether oxygens (including phenoxy) is 2. The van der Waals surface area contributed by atoms with Crippen molar-refractivity contribution >= 4 is 28.1 Å². The van der Waals surface area contributed by atoms with E-state index in [0.29, 0.717) is 5.33 Å². The average Bonchev–Trinajstić information content (AvgIpc) is 2.48. The lowest BCUT2D eigenvalue weighted by Crippen LogP contribution is -2.46. The summed E-state index contributed by atoms with van der Waals surface area (Å²) in [7, 11) is 0. The van der Waals surface area contributed by atoms with Gasteiger partial charge in [0.25, 0.3) is 0 Å². The monoisotopic (exact) mass is 386 g/mol. The van der Waals surface area contributed by atoms with E-state index in [4.69, 9.17) is 9.47 Å². The number of alkyl carbamates (subject to hydrolysis) is 2. The van der Waals surface area contributed by atoms with E-state index in [2.05, 4.69) is 26.6 Å². The zero-order valence-corrected chi connectivity index (χ0v) is 15.2. The third kappa shape index (κ3) is 9.07. The van der Waals surface area contributed by atoms with Gasteiger partial charge in [0.2, 0.25) is 0 Å². The van der Waals surface area contributed by atoms with Gasteiger partial charge >= 0.3 is 12.2 Å². The molecule has 1 atom stereocenters. The molecule has 2 N–H and O–H groups in total. The molecule has 128 valence electrons. The number of amides is 2. The van der Waals surface area contributed by atoms with Crippen molar-refractivity contribution in [1.82, 2.24) is 10.6 Å². The van der Waals surface area contributed by atoms with E-state index in [-0.39, 0.29) is 19.2 Å². The molecule has 1 aromatic carbocycles. The normalized spacial score (nSPS) is 12.2. The number of carbonyl (C=O) groups excluding carboxylic acids is 2. The highest BCUT2D eigenvalue weighted by molar-refractivity contribution is 9.09. The maximum absolute atomic E-state index is 11.8. The molecular weight excluding hydrogens is 364 g/mol. The van der Waals surface area contributed by atoms with Crippen LogP contribution in [0.2, 0.25) is 0 Å². The number of hydrogen-bond donors (Lipinski definition) is 2. The minimum absolute atomic E-state index is 0.196. The van der Waals surface area contributed by atoms with E-state index < -0.39 is 17.8 Å². The van der Waals surface area contributed by atoms with Crippen LogP contribution in [-0.4, -0.2) is 35.7 Å². The van der Waals surface area contributed by atoms with Crippen molar-refractivity contribution in [2.75, 3.05) is 11.9 Å². The van der Waals surface area contributed by atoms with Crippen LogP contribution >= 0.6 is 15.9 Å². The van der Waals surface area contributed by atoms with Crippen LogP contribution in [0, 0.1) is 0 Å². The van der Waals surface area contributed by atoms with E-state index in [9.17, 15) is 9.59 Å². The van der Waals surface area contributed by atoms with Crippen LogP contribution in [0.5, 0.6) is 0 Å². The molecule has 2 amide bonds. The van der Waals surface area contributed by atoms with Gasteiger partial charge in [0.05, 0.1) is 6.04 Å². The summed E-state index contributed by atoms with van der Waals surface area (Å²) in [6.45, 7) is 5.79. The fourth-order valence-corrected chi connectivity index (χ4v) is 1.99. The van der Waals surface area contributed by atoms with Gasteiger partial charge < -0.3 is 20.1 Å². The largest absolute Gasteiger partial charge is 0.445 e. The lowest BCUT2D eigenvalue weighted by molar-refractivity contribution is 0.0522. The fourth-order valence-electron chi connectivity index (χ4n) is 1.60. The first-order valence-electron chi connectivity index (χ1n) is 7.30. The Hall–Kier alpha value is -1.76. The molecular formula is C16H23BrN2O4. The Bertz CT molecular complexity index is 503. The van der Waals surface area contributed by atoms with Gasteiger partial charge in [0, 0.05) is 11.9 Å². The van der Waals surface area contributed by atoms with E-state index in [1.807, 2.05) is 30.3 Å². The van der Waals surface area contributed by atoms with Crippen LogP contribution in [-0.2, 0) is 16.1 Å². The van der Waals surface area contributed by atoms with E-state index in [1.165, 1.54) is 0 Å². The van der Waals surface area contributed by atoms with Crippen molar-refractivity contribution in [2.45, 2.75) is 39.0 Å². The summed E-state index contributed by atoms with van der Waals surface area (Å²) >= 11 is 3.29. The molecule has 0 fully saturated rings. The van der Waals surface area contributed by atoms with Crippen LogP contribution in [0.3, 0.4) is 0 Å². The van der Waals surface area contributed by atoms with Gasteiger partial charge in [0.15, 0.2) is 0 Å². The summed E-state index contributed by atoms with van der Waals surface area (Å²) in [6, 6.07) is 9.10. The molecule has 0 spiro atoms. The van der Waals surface area contributed by atoms with Gasteiger partial charge in [-0.1, -0.05) is 46.3 Å². The summed E-state index contributed by atoms with van der Waals surface area (Å²) in [6.07, 6.45) is -1.06. The minimum Gasteiger partial charge on any atom is -0.445 e. The SMILES string of the molecule is CC(C)(C)OC(=O)NC[C@H](CBr)NC(=O)OCc1ccccc1. The Labute approximate surface area is 145 Å². The van der Waals surface area contributed by atoms with Gasteiger partial charge in [-0.25, -0.2) is 9.59 Å². The molecule has 6 nitrogen and oxygen atoms in total. The van der Waals surface area contributed by atoms with Gasteiger partial charge in [-0.2, -0.15) is 0 Å². The van der Waals surface area contributed by atoms with Crippen LogP contribution in [0.15, 0.2) is 30.3 Å². The maximum Gasteiger partial charge on any atom is 0.407 e. The number of carbonyl (C=O) groups is 2. The molecule has 0 aliphatic heterocycles. The van der Waals surface area contributed by atoms with Gasteiger partial charge in [-0.05, 0) is 26.3 Å². The van der Waals surface area contributed by atoms with E-state index >= 15 is 0 Å². The summed E-state index contributed by atoms with van der Waals surface area (Å²) in [4.78, 5) is 23.3. The highest BCUT2D eigenvalue weighted by atomic mass is 79.9. The molecule has 0 bridgehead atoms. The standard InChI is InChI=1S/C16H23BrN2O4/c1-16(2,3)23-14(20)18-10-13(9-17)19-15(21)22-11-12-7-5-4-6-8-12/h4-8,13H,9-11H2,1-3H3,(H,18,20)(H,19,21)/t13-/m0/s1. The second kappa shape index (κ2) is 9.39. The molecule has 1 aromatic rings. The maximum atomic E-state index is 11.8. The quantitative estimate of drug-likeness (QED) is 0.735. The molecule has 0 unspecified atom stereocenters. The predicted octanol–water partition coefficient (Wildman–Crippen LogP) is 3.20. The van der Waals surface area contributed by atoms with Crippen molar-refractivity contribution in [3.63, 3.8) is 0 Å². The van der Waals surface area contributed by atoms with E-state index in [0.717, 1.165) is 5.56 Å². The summed E-state index contributed by atoms with van der Waals surface area (Å²) in [5.41, 5.74) is 0.348. The van der Waals surface area contributed by atoms with Crippen molar-refractivity contribution < 1.29 is 19.1 Å². The molecule has 0 aromatic heterocycles. The number of benzene rings is 1. The molecule has 0 saturated heterocycles. The summed E-state index contributed by atoms with van der Waals surface area (Å²) in [5.74, 6) is 0. The van der Waals surface area contributed by atoms with Crippen molar-refractivity contribution in [1.29, 1.82) is 0 Å². The number of alkyl halides is 1. The van der Waals surface area contributed by atoms with Gasteiger partial charge in [-0.15, -0.1) is 0 Å². The number of halogens is 1. The topological polar surface area (TPSA) is 76.7 Å². The highest BCUT2D eigenvalue weighted by Crippen LogP contribution is 2.06. The molecule has 0 heterocycles. The van der Waals surface area contributed by atoms with Crippen LogP contribution in [0.1, 0.15) is 26.3 Å². The molecule has 0 radical (unpaired) electrons. The van der Waals surface area contributed by atoms with Gasteiger partial charge in [0.1, 0.15) is 12.2 Å². The summed E-state index contributed by atoms with van der Waals surface area (Å²) < 4.78 is 10.3. The molecule has 7 heteroatoms. The Kier molecular flexibility index (Phi) is 7.88. The third-order valence-electron chi connectivity index (χ3n) is 2.61. The van der Waals surface area contributed by atoms with Crippen molar-refractivity contribution in [2.24, 2.45) is 0 Å². The second-order valence-corrected chi connectivity index (χ2v) is 6.59. The van der Waals surface area contributed by atoms with Crippen LogP contribution in [0.25, 0.3) is 0 Å². The van der Waals surface area contributed by atoms with Crippen molar-refractivity contribution in [3.8, 4) is 0 Å². The molecule has 23 heavy (non-hydrogen) atoms. The lowest BCUT2D eigenvalue weighted by atomic mass is 10.2. The molecule has 1 rings (SSSR count). The van der Waals surface area contributed by atoms with Gasteiger partial charge in [-0.3, -0.25) is 0 Å². The van der Waals surface area contributed by atoms with E-state index in [1.54, 1.807) is 20.8 Å². The van der Waals surface area contributed by atoms with Crippen LogP contribution < -0.4 is 10.6 Å². The first kappa shape index (κ1) is 19.3. The Morgan fingerprint density at radius 2 is 1.83 bits per heavy atom. The Balaban J connectivity index is 2.32. The second-order valence-electron chi connectivity index (χ2n) is 5.94. The third-order valence-corrected chi connectivity index (χ3v) is 3.39. The average molecular weight is 387 g/mol. The summed E-state index contributed by atoms with van der Waals surface area (Å²) in [5, 5.41) is 5.76. The smallest absolute Gasteiger partial charge is 0.407 e. The first-order chi connectivity index (χ1) is 10.8. The Morgan fingerprint density at radius 1 is 1.17 bits per heavy atom. The number of nitrogens with one attached hydrogen (secondary N) is 2. The zero-order valence-electron chi connectivity index (χ0n) is 13.6. The number of rotatable bonds is 6.